The first-order chi connectivity index (χ1) is 7.74. The first-order valence-electron chi connectivity index (χ1n) is 5.43. The largest absolute Gasteiger partial charge is 0.481 e. The van der Waals surface area contributed by atoms with Gasteiger partial charge in [0, 0.05) is 18.7 Å². The average molecular weight is 265 g/mol. The van der Waals surface area contributed by atoms with E-state index < -0.39 is 27.8 Å². The maximum atomic E-state index is 11.4. The second kappa shape index (κ2) is 7.26. The van der Waals surface area contributed by atoms with Gasteiger partial charge in [0.15, 0.2) is 0 Å². The maximum absolute atomic E-state index is 11.4. The van der Waals surface area contributed by atoms with E-state index in [1.165, 1.54) is 0 Å². The van der Waals surface area contributed by atoms with Crippen LogP contribution in [0.5, 0.6) is 0 Å². The van der Waals surface area contributed by atoms with Gasteiger partial charge in [-0.3, -0.25) is 9.59 Å². The van der Waals surface area contributed by atoms with Gasteiger partial charge in [0.25, 0.3) is 0 Å². The molecule has 1 atom stereocenters. The molecule has 0 bridgehead atoms. The van der Waals surface area contributed by atoms with Crippen LogP contribution in [0.1, 0.15) is 32.6 Å². The van der Waals surface area contributed by atoms with Crippen molar-refractivity contribution in [2.75, 3.05) is 12.0 Å². The van der Waals surface area contributed by atoms with Gasteiger partial charge in [0.2, 0.25) is 5.91 Å². The van der Waals surface area contributed by atoms with E-state index in [1.807, 2.05) is 6.92 Å². The summed E-state index contributed by atoms with van der Waals surface area (Å²) in [4.78, 5) is 21.9. The van der Waals surface area contributed by atoms with Crippen molar-refractivity contribution in [3.05, 3.63) is 0 Å². The second-order valence-electron chi connectivity index (χ2n) is 4.03. The van der Waals surface area contributed by atoms with Gasteiger partial charge in [0.1, 0.15) is 9.84 Å². The lowest BCUT2D eigenvalue weighted by Crippen LogP contribution is -2.37. The van der Waals surface area contributed by atoms with E-state index in [2.05, 4.69) is 5.32 Å². The Labute approximate surface area is 101 Å². The Morgan fingerprint density at radius 1 is 1.35 bits per heavy atom. The van der Waals surface area contributed by atoms with Gasteiger partial charge in [-0.1, -0.05) is 13.3 Å². The first-order valence-corrected chi connectivity index (χ1v) is 7.49. The third-order valence-electron chi connectivity index (χ3n) is 2.12. The summed E-state index contributed by atoms with van der Waals surface area (Å²) in [5.41, 5.74) is 0. The molecule has 0 saturated carbocycles. The summed E-state index contributed by atoms with van der Waals surface area (Å²) in [5, 5.41) is 11.2. The predicted molar refractivity (Wildman–Crippen MR) is 63.4 cm³/mol. The van der Waals surface area contributed by atoms with Crippen LogP contribution in [-0.4, -0.2) is 43.5 Å². The Bertz CT molecular complexity index is 363. The molecule has 0 aliphatic heterocycles. The molecule has 2 N–H and O–H groups in total. The molecular weight excluding hydrogens is 246 g/mol. The smallest absolute Gasteiger partial charge is 0.305 e. The molecule has 0 spiro atoms. The molecule has 0 heterocycles. The molecule has 0 aromatic heterocycles. The van der Waals surface area contributed by atoms with Gasteiger partial charge in [-0.2, -0.15) is 0 Å². The lowest BCUT2D eigenvalue weighted by molar-refractivity contribution is -0.137. The van der Waals surface area contributed by atoms with E-state index in [0.29, 0.717) is 6.42 Å². The number of hydrogen-bond acceptors (Lipinski definition) is 4. The predicted octanol–water partition coefficient (Wildman–Crippen LogP) is 0.181. The zero-order valence-electron chi connectivity index (χ0n) is 10.1. The quantitative estimate of drug-likeness (QED) is 0.652. The lowest BCUT2D eigenvalue weighted by Gasteiger charge is -2.15. The van der Waals surface area contributed by atoms with Crippen LogP contribution in [0.2, 0.25) is 0 Å². The van der Waals surface area contributed by atoms with Crippen molar-refractivity contribution >= 4 is 21.7 Å². The number of carbonyl (C=O) groups is 2. The maximum Gasteiger partial charge on any atom is 0.305 e. The molecule has 0 aromatic rings. The van der Waals surface area contributed by atoms with Crippen molar-refractivity contribution < 1.29 is 23.1 Å². The molecule has 100 valence electrons. The monoisotopic (exact) mass is 265 g/mol. The molecule has 1 unspecified atom stereocenters. The number of nitrogens with one attached hydrogen (secondary N) is 1. The zero-order valence-corrected chi connectivity index (χ0v) is 10.9. The van der Waals surface area contributed by atoms with Gasteiger partial charge in [-0.25, -0.2) is 8.42 Å². The third-order valence-corrected chi connectivity index (χ3v) is 3.07. The Morgan fingerprint density at radius 2 is 1.94 bits per heavy atom. The van der Waals surface area contributed by atoms with E-state index in [4.69, 9.17) is 5.11 Å². The highest BCUT2D eigenvalue weighted by Gasteiger charge is 2.16. The van der Waals surface area contributed by atoms with E-state index >= 15 is 0 Å². The molecule has 0 radical (unpaired) electrons. The molecule has 0 aliphatic carbocycles. The van der Waals surface area contributed by atoms with E-state index in [9.17, 15) is 18.0 Å². The summed E-state index contributed by atoms with van der Waals surface area (Å²) < 4.78 is 21.7. The van der Waals surface area contributed by atoms with Crippen molar-refractivity contribution in [3.63, 3.8) is 0 Å². The summed E-state index contributed by atoms with van der Waals surface area (Å²) in [7, 11) is -3.17. The van der Waals surface area contributed by atoms with Crippen LogP contribution < -0.4 is 5.32 Å². The zero-order chi connectivity index (χ0) is 13.5. The van der Waals surface area contributed by atoms with Crippen LogP contribution >= 0.6 is 0 Å². The number of amides is 1. The van der Waals surface area contributed by atoms with E-state index in [1.54, 1.807) is 0 Å². The highest BCUT2D eigenvalue weighted by Crippen LogP contribution is 2.02. The molecular formula is C10H19NO5S. The minimum absolute atomic E-state index is 0.126. The van der Waals surface area contributed by atoms with Crippen molar-refractivity contribution in [2.24, 2.45) is 0 Å². The van der Waals surface area contributed by atoms with E-state index in [-0.39, 0.29) is 18.6 Å². The number of aliphatic carboxylic acids is 1. The van der Waals surface area contributed by atoms with Crippen LogP contribution in [0.15, 0.2) is 0 Å². The summed E-state index contributed by atoms with van der Waals surface area (Å²) in [6.07, 6.45) is 2.11. The highest BCUT2D eigenvalue weighted by atomic mass is 32.2. The summed E-state index contributed by atoms with van der Waals surface area (Å²) >= 11 is 0. The standard InChI is InChI=1S/C10H19NO5S/c1-3-4-8(7-10(13)14)11-9(12)5-6-17(2,15)16/h8H,3-7H2,1-2H3,(H,11,12)(H,13,14). The molecule has 0 rings (SSSR count). The van der Waals surface area contributed by atoms with Crippen molar-refractivity contribution in [3.8, 4) is 0 Å². The molecule has 0 aromatic carbocycles. The van der Waals surface area contributed by atoms with Gasteiger partial charge in [-0.15, -0.1) is 0 Å². The van der Waals surface area contributed by atoms with Gasteiger partial charge in [0.05, 0.1) is 12.2 Å². The van der Waals surface area contributed by atoms with Crippen molar-refractivity contribution in [2.45, 2.75) is 38.6 Å². The second-order valence-corrected chi connectivity index (χ2v) is 6.29. The Morgan fingerprint density at radius 3 is 2.35 bits per heavy atom. The highest BCUT2D eigenvalue weighted by molar-refractivity contribution is 7.90. The summed E-state index contributed by atoms with van der Waals surface area (Å²) in [5.74, 6) is -1.62. The lowest BCUT2D eigenvalue weighted by atomic mass is 10.1. The Balaban J connectivity index is 4.16. The molecule has 17 heavy (non-hydrogen) atoms. The first kappa shape index (κ1) is 15.9. The fourth-order valence-electron chi connectivity index (χ4n) is 1.36. The number of sulfone groups is 1. The average Bonchev–Trinajstić information content (AvgIpc) is 2.13. The van der Waals surface area contributed by atoms with Crippen LogP contribution in [0.3, 0.4) is 0 Å². The van der Waals surface area contributed by atoms with Crippen molar-refractivity contribution in [1.29, 1.82) is 0 Å². The van der Waals surface area contributed by atoms with Gasteiger partial charge in [-0.05, 0) is 6.42 Å². The molecule has 7 heteroatoms. The minimum Gasteiger partial charge on any atom is -0.481 e. The van der Waals surface area contributed by atoms with Crippen LogP contribution in [0.4, 0.5) is 0 Å². The third kappa shape index (κ3) is 9.80. The normalized spacial score (nSPS) is 13.1. The number of rotatable bonds is 8. The summed E-state index contributed by atoms with van der Waals surface area (Å²) in [6.45, 7) is 1.89. The van der Waals surface area contributed by atoms with Crippen molar-refractivity contribution in [1.82, 2.24) is 5.32 Å². The summed E-state index contributed by atoms with van der Waals surface area (Å²) in [6, 6.07) is -0.426. The SMILES string of the molecule is CCCC(CC(=O)O)NC(=O)CCS(C)(=O)=O. The fourth-order valence-corrected chi connectivity index (χ4v) is 1.92. The molecule has 0 saturated heterocycles. The van der Waals surface area contributed by atoms with Gasteiger partial charge >= 0.3 is 5.97 Å². The Kier molecular flexibility index (Phi) is 6.79. The number of hydrogen-bond donors (Lipinski definition) is 2. The molecule has 6 nitrogen and oxygen atoms in total. The number of carbonyl (C=O) groups excluding carboxylic acids is 1. The molecule has 1 amide bonds. The minimum atomic E-state index is -3.17. The molecule has 0 fully saturated rings. The fraction of sp³-hybridized carbons (Fsp3) is 0.800. The van der Waals surface area contributed by atoms with Crippen LogP contribution in [-0.2, 0) is 19.4 Å². The Hall–Kier alpha value is -1.11. The van der Waals surface area contributed by atoms with Crippen LogP contribution in [0.25, 0.3) is 0 Å². The number of carboxylic acid groups (broad SMARTS) is 1. The topological polar surface area (TPSA) is 101 Å². The number of carboxylic acids is 1. The molecule has 0 aliphatic rings. The van der Waals surface area contributed by atoms with Gasteiger partial charge < -0.3 is 10.4 Å². The van der Waals surface area contributed by atoms with E-state index in [0.717, 1.165) is 12.7 Å². The van der Waals surface area contributed by atoms with Crippen LogP contribution in [0, 0.1) is 0 Å².